The Hall–Kier alpha value is -2.19. The minimum absolute atomic E-state index is 0.141. The number of hydrogen-bond acceptors (Lipinski definition) is 4. The van der Waals surface area contributed by atoms with Gasteiger partial charge in [-0.25, -0.2) is 13.2 Å². The summed E-state index contributed by atoms with van der Waals surface area (Å²) in [5, 5.41) is 0. The Bertz CT molecular complexity index is 776. The Kier molecular flexibility index (Phi) is 11.8. The van der Waals surface area contributed by atoms with Crippen LogP contribution in [0.2, 0.25) is 0 Å². The predicted molar refractivity (Wildman–Crippen MR) is 113 cm³/mol. The van der Waals surface area contributed by atoms with Crippen LogP contribution in [-0.2, 0) is 14.3 Å². The molecule has 0 aliphatic heterocycles. The number of esters is 2. The highest BCUT2D eigenvalue weighted by molar-refractivity contribution is 5.81. The van der Waals surface area contributed by atoms with Crippen LogP contribution in [0.5, 0.6) is 5.75 Å². The maximum atomic E-state index is 13.9. The van der Waals surface area contributed by atoms with E-state index >= 15 is 0 Å². The van der Waals surface area contributed by atoms with Gasteiger partial charge in [0.05, 0.1) is 12.3 Å². The van der Waals surface area contributed by atoms with E-state index in [4.69, 9.17) is 4.74 Å². The number of unbranched alkanes of at least 4 members (excludes halogenated alkanes) is 7. The first-order chi connectivity index (χ1) is 15.4. The standard InChI is InChI=1S/C24H33F5O4/c1-5-6-7-8-9-10-11-12-13-15(14-16(30)33-24(2,3)4)23(31)32-22-20(28)18(26)17(25)19(27)21(22)29/h15H,5-14H2,1-4H3. The van der Waals surface area contributed by atoms with E-state index in [9.17, 15) is 31.5 Å². The maximum Gasteiger partial charge on any atom is 0.315 e. The summed E-state index contributed by atoms with van der Waals surface area (Å²) in [5.74, 6) is -16.1. The first-order valence-corrected chi connectivity index (χ1v) is 11.3. The number of benzene rings is 1. The van der Waals surface area contributed by atoms with Crippen molar-refractivity contribution in [1.29, 1.82) is 0 Å². The molecular weight excluding hydrogens is 447 g/mol. The molecule has 0 heterocycles. The second-order valence-electron chi connectivity index (χ2n) is 9.07. The highest BCUT2D eigenvalue weighted by atomic mass is 19.2. The minimum atomic E-state index is -2.35. The largest absolute Gasteiger partial charge is 0.460 e. The molecule has 0 saturated heterocycles. The fraction of sp³-hybridized carbons (Fsp3) is 0.667. The molecule has 1 atom stereocenters. The summed E-state index contributed by atoms with van der Waals surface area (Å²) in [6.45, 7) is 7.01. The molecule has 9 heteroatoms. The Morgan fingerprint density at radius 3 is 1.70 bits per heavy atom. The highest BCUT2D eigenvalue weighted by Gasteiger charge is 2.32. The van der Waals surface area contributed by atoms with E-state index in [0.717, 1.165) is 38.5 Å². The molecule has 1 unspecified atom stereocenters. The van der Waals surface area contributed by atoms with Crippen molar-refractivity contribution in [1.82, 2.24) is 0 Å². The Morgan fingerprint density at radius 1 is 0.758 bits per heavy atom. The molecule has 0 aromatic heterocycles. The average Bonchev–Trinajstić information content (AvgIpc) is 2.73. The van der Waals surface area contributed by atoms with Crippen molar-refractivity contribution in [3.63, 3.8) is 0 Å². The molecule has 188 valence electrons. The molecule has 1 aromatic rings. The lowest BCUT2D eigenvalue weighted by Crippen LogP contribution is -2.29. The van der Waals surface area contributed by atoms with Gasteiger partial charge in [-0.3, -0.25) is 9.59 Å². The molecule has 0 saturated carbocycles. The normalized spacial score (nSPS) is 12.5. The molecule has 33 heavy (non-hydrogen) atoms. The average molecular weight is 481 g/mol. The lowest BCUT2D eigenvalue weighted by atomic mass is 9.97. The van der Waals surface area contributed by atoms with Gasteiger partial charge in [-0.05, 0) is 27.2 Å². The van der Waals surface area contributed by atoms with Gasteiger partial charge in [0.25, 0.3) is 0 Å². The topological polar surface area (TPSA) is 52.6 Å². The number of carbonyl (C=O) groups is 2. The third-order valence-corrected chi connectivity index (χ3v) is 4.94. The number of ether oxygens (including phenoxy) is 2. The van der Waals surface area contributed by atoms with Crippen LogP contribution < -0.4 is 4.74 Å². The van der Waals surface area contributed by atoms with Crippen LogP contribution in [0.15, 0.2) is 0 Å². The van der Waals surface area contributed by atoms with Crippen LogP contribution in [0.4, 0.5) is 22.0 Å². The summed E-state index contributed by atoms with van der Waals surface area (Å²) in [5.41, 5.74) is -0.828. The molecule has 1 rings (SSSR count). The van der Waals surface area contributed by atoms with Crippen molar-refractivity contribution in [3.05, 3.63) is 29.1 Å². The smallest absolute Gasteiger partial charge is 0.315 e. The molecule has 0 N–H and O–H groups in total. The van der Waals surface area contributed by atoms with E-state index in [1.807, 2.05) is 0 Å². The summed E-state index contributed by atoms with van der Waals surface area (Å²) in [7, 11) is 0. The van der Waals surface area contributed by atoms with E-state index in [1.165, 1.54) is 6.42 Å². The first kappa shape index (κ1) is 28.8. The van der Waals surface area contributed by atoms with Crippen molar-refractivity contribution >= 4 is 11.9 Å². The summed E-state index contributed by atoms with van der Waals surface area (Å²) in [6.07, 6.45) is 7.45. The fourth-order valence-corrected chi connectivity index (χ4v) is 3.27. The van der Waals surface area contributed by atoms with Crippen molar-refractivity contribution in [2.24, 2.45) is 5.92 Å². The quantitative estimate of drug-likeness (QED) is 0.0750. The molecule has 0 amide bonds. The van der Waals surface area contributed by atoms with Crippen molar-refractivity contribution in [2.45, 2.75) is 97.5 Å². The zero-order chi connectivity index (χ0) is 25.2. The molecule has 0 radical (unpaired) electrons. The summed E-state index contributed by atoms with van der Waals surface area (Å²) in [4.78, 5) is 24.8. The Morgan fingerprint density at radius 2 is 1.21 bits per heavy atom. The Balaban J connectivity index is 2.86. The van der Waals surface area contributed by atoms with Gasteiger partial charge in [-0.2, -0.15) is 8.78 Å². The van der Waals surface area contributed by atoms with E-state index < -0.39 is 64.7 Å². The summed E-state index contributed by atoms with van der Waals surface area (Å²) < 4.78 is 77.6. The molecule has 0 aliphatic carbocycles. The molecule has 0 aliphatic rings. The van der Waals surface area contributed by atoms with Gasteiger partial charge in [0.2, 0.25) is 34.8 Å². The zero-order valence-electron chi connectivity index (χ0n) is 19.7. The van der Waals surface area contributed by atoms with Crippen LogP contribution >= 0.6 is 0 Å². The zero-order valence-corrected chi connectivity index (χ0v) is 19.7. The number of carbonyl (C=O) groups excluding carboxylic acids is 2. The number of hydrogen-bond donors (Lipinski definition) is 0. The third-order valence-electron chi connectivity index (χ3n) is 4.94. The van der Waals surface area contributed by atoms with Crippen molar-refractivity contribution in [3.8, 4) is 5.75 Å². The van der Waals surface area contributed by atoms with E-state index in [1.54, 1.807) is 20.8 Å². The lowest BCUT2D eigenvalue weighted by Gasteiger charge is -2.22. The molecular formula is C24H33F5O4. The number of halogens is 5. The van der Waals surface area contributed by atoms with Crippen LogP contribution in [0.25, 0.3) is 0 Å². The fourth-order valence-electron chi connectivity index (χ4n) is 3.27. The predicted octanol–water partition coefficient (Wildman–Crippen LogP) is 7.17. The van der Waals surface area contributed by atoms with Crippen LogP contribution in [0, 0.1) is 35.0 Å². The second kappa shape index (κ2) is 13.5. The Labute approximate surface area is 191 Å². The van der Waals surface area contributed by atoms with Crippen molar-refractivity contribution in [2.75, 3.05) is 0 Å². The third kappa shape index (κ3) is 9.68. The molecule has 0 bridgehead atoms. The van der Waals surface area contributed by atoms with E-state index in [-0.39, 0.29) is 6.42 Å². The second-order valence-corrected chi connectivity index (χ2v) is 9.07. The summed E-state index contributed by atoms with van der Waals surface area (Å²) >= 11 is 0. The van der Waals surface area contributed by atoms with Gasteiger partial charge < -0.3 is 9.47 Å². The molecule has 0 spiro atoms. The highest BCUT2D eigenvalue weighted by Crippen LogP contribution is 2.30. The van der Waals surface area contributed by atoms with E-state index in [0.29, 0.717) is 6.42 Å². The summed E-state index contributed by atoms with van der Waals surface area (Å²) in [6, 6.07) is 0. The van der Waals surface area contributed by atoms with Gasteiger partial charge in [0.1, 0.15) is 5.60 Å². The lowest BCUT2D eigenvalue weighted by molar-refractivity contribution is -0.159. The van der Waals surface area contributed by atoms with Crippen LogP contribution in [0.3, 0.4) is 0 Å². The SMILES string of the molecule is CCCCCCCCCCC(CC(=O)OC(C)(C)C)C(=O)Oc1c(F)c(F)c(F)c(F)c1F. The van der Waals surface area contributed by atoms with Crippen LogP contribution in [-0.4, -0.2) is 17.5 Å². The van der Waals surface area contributed by atoms with Gasteiger partial charge in [0.15, 0.2) is 0 Å². The first-order valence-electron chi connectivity index (χ1n) is 11.3. The van der Waals surface area contributed by atoms with Gasteiger partial charge in [0, 0.05) is 0 Å². The van der Waals surface area contributed by atoms with Crippen molar-refractivity contribution < 1.29 is 41.0 Å². The molecule has 0 fully saturated rings. The maximum absolute atomic E-state index is 13.9. The number of rotatable bonds is 13. The molecule has 1 aromatic carbocycles. The van der Waals surface area contributed by atoms with Gasteiger partial charge in [-0.1, -0.05) is 58.3 Å². The van der Waals surface area contributed by atoms with Crippen LogP contribution in [0.1, 0.15) is 91.9 Å². The van der Waals surface area contributed by atoms with Gasteiger partial charge >= 0.3 is 11.9 Å². The van der Waals surface area contributed by atoms with E-state index in [2.05, 4.69) is 11.7 Å². The monoisotopic (exact) mass is 480 g/mol. The minimum Gasteiger partial charge on any atom is -0.460 e. The molecule has 4 nitrogen and oxygen atoms in total. The van der Waals surface area contributed by atoms with Gasteiger partial charge in [-0.15, -0.1) is 0 Å².